The Labute approximate surface area is 130 Å². The van der Waals surface area contributed by atoms with Crippen LogP contribution in [0.1, 0.15) is 5.82 Å². The summed E-state index contributed by atoms with van der Waals surface area (Å²) < 4.78 is 13.8. The average molecular weight is 374 g/mol. The molecule has 3 nitrogen and oxygen atoms in total. The number of rotatable bonds is 2. The van der Waals surface area contributed by atoms with Gasteiger partial charge in [-0.05, 0) is 17.7 Å². The molecule has 0 bridgehead atoms. The number of halogens is 3. The molecule has 0 radical (unpaired) electrons. The van der Waals surface area contributed by atoms with Crippen LogP contribution in [0.15, 0.2) is 32.8 Å². The van der Waals surface area contributed by atoms with Crippen molar-refractivity contribution in [1.29, 1.82) is 0 Å². The maximum Gasteiger partial charge on any atom is 0.260 e. The van der Waals surface area contributed by atoms with Gasteiger partial charge in [0.05, 0.1) is 11.3 Å². The summed E-state index contributed by atoms with van der Waals surface area (Å²) in [5.74, 6) is 0.255. The van der Waals surface area contributed by atoms with Gasteiger partial charge in [0.25, 0.3) is 5.56 Å². The summed E-state index contributed by atoms with van der Waals surface area (Å²) in [6, 6.07) is 4.36. The summed E-state index contributed by atoms with van der Waals surface area (Å²) in [5.41, 5.74) is 1.24. The zero-order valence-electron chi connectivity index (χ0n) is 9.91. The number of fused-ring (bicyclic) bond motifs is 1. The number of aromatic amines is 1. The minimum atomic E-state index is -0.336. The molecular formula is C13H7BrClFN2OS. The molecule has 2 heterocycles. The van der Waals surface area contributed by atoms with E-state index in [0.29, 0.717) is 20.5 Å². The highest BCUT2D eigenvalue weighted by Crippen LogP contribution is 2.35. The van der Waals surface area contributed by atoms with Crippen LogP contribution in [0.5, 0.6) is 0 Å². The monoisotopic (exact) mass is 372 g/mol. The molecule has 102 valence electrons. The van der Waals surface area contributed by atoms with Crippen LogP contribution in [0.2, 0.25) is 0 Å². The molecule has 0 fully saturated rings. The van der Waals surface area contributed by atoms with E-state index in [1.807, 2.05) is 5.38 Å². The molecule has 0 saturated heterocycles. The predicted octanol–water partition coefficient (Wildman–Crippen LogP) is 4.29. The smallest absolute Gasteiger partial charge is 0.260 e. The van der Waals surface area contributed by atoms with Crippen molar-refractivity contribution in [3.8, 4) is 11.1 Å². The van der Waals surface area contributed by atoms with E-state index in [0.717, 1.165) is 11.1 Å². The molecule has 3 aromatic rings. The van der Waals surface area contributed by atoms with E-state index >= 15 is 0 Å². The first-order chi connectivity index (χ1) is 9.60. The molecule has 0 aliphatic rings. The van der Waals surface area contributed by atoms with Crippen molar-refractivity contribution in [1.82, 2.24) is 9.97 Å². The van der Waals surface area contributed by atoms with Crippen molar-refractivity contribution in [2.75, 3.05) is 0 Å². The number of hydrogen-bond donors (Lipinski definition) is 1. The minimum Gasteiger partial charge on any atom is -0.309 e. The first kappa shape index (κ1) is 13.7. The fourth-order valence-corrected chi connectivity index (χ4v) is 3.61. The van der Waals surface area contributed by atoms with Gasteiger partial charge in [0.15, 0.2) is 0 Å². The fraction of sp³-hybridized carbons (Fsp3) is 0.0769. The lowest BCUT2D eigenvalue weighted by Crippen LogP contribution is -2.10. The third-order valence-electron chi connectivity index (χ3n) is 2.84. The number of alkyl halides is 1. The zero-order valence-corrected chi connectivity index (χ0v) is 13.1. The Hall–Kier alpha value is -1.24. The summed E-state index contributed by atoms with van der Waals surface area (Å²) >= 11 is 10.4. The predicted molar refractivity (Wildman–Crippen MR) is 82.9 cm³/mol. The van der Waals surface area contributed by atoms with Gasteiger partial charge in [-0.15, -0.1) is 22.9 Å². The largest absolute Gasteiger partial charge is 0.309 e. The molecule has 0 aliphatic carbocycles. The Morgan fingerprint density at radius 3 is 2.90 bits per heavy atom. The number of thiophene rings is 1. The molecule has 20 heavy (non-hydrogen) atoms. The molecule has 0 amide bonds. The number of nitrogens with one attached hydrogen (secondary N) is 1. The first-order valence-corrected chi connectivity index (χ1v) is 7.82. The van der Waals surface area contributed by atoms with Crippen LogP contribution in [-0.4, -0.2) is 9.97 Å². The lowest BCUT2D eigenvalue weighted by molar-refractivity contribution is 0.627. The molecule has 0 aliphatic heterocycles. The van der Waals surface area contributed by atoms with Crippen LogP contribution in [0.3, 0.4) is 0 Å². The number of H-pyrrole nitrogens is 1. The van der Waals surface area contributed by atoms with Gasteiger partial charge in [0, 0.05) is 15.4 Å². The van der Waals surface area contributed by atoms with E-state index in [2.05, 4.69) is 25.9 Å². The summed E-state index contributed by atoms with van der Waals surface area (Å²) in [5, 5.41) is 2.33. The van der Waals surface area contributed by atoms with Crippen LogP contribution in [0, 0.1) is 5.82 Å². The normalized spacial score (nSPS) is 11.2. The molecule has 7 heteroatoms. The molecule has 3 rings (SSSR count). The van der Waals surface area contributed by atoms with Gasteiger partial charge in [0.1, 0.15) is 16.5 Å². The van der Waals surface area contributed by atoms with E-state index in [1.54, 1.807) is 6.07 Å². The maximum atomic E-state index is 13.2. The van der Waals surface area contributed by atoms with Crippen molar-refractivity contribution >= 4 is 49.1 Å². The lowest BCUT2D eigenvalue weighted by atomic mass is 10.1. The van der Waals surface area contributed by atoms with Gasteiger partial charge in [-0.3, -0.25) is 4.79 Å². The number of aromatic nitrogens is 2. The first-order valence-electron chi connectivity index (χ1n) is 5.62. The lowest BCUT2D eigenvalue weighted by Gasteiger charge is -2.03. The molecule has 0 saturated carbocycles. The van der Waals surface area contributed by atoms with E-state index in [4.69, 9.17) is 11.6 Å². The van der Waals surface area contributed by atoms with Crippen molar-refractivity contribution in [3.63, 3.8) is 0 Å². The standard InChI is InChI=1S/C13H7BrClFN2OS/c14-9-3-6(16)1-2-7(9)8-5-20-13-11(8)12(19)17-10(4-15)18-13/h1-3,5H,4H2,(H,17,18,19). The van der Waals surface area contributed by atoms with Gasteiger partial charge in [0.2, 0.25) is 0 Å². The second-order valence-corrected chi connectivity index (χ2v) is 6.08. The maximum absolute atomic E-state index is 13.2. The highest BCUT2D eigenvalue weighted by molar-refractivity contribution is 9.10. The third kappa shape index (κ3) is 2.28. The van der Waals surface area contributed by atoms with Crippen molar-refractivity contribution in [2.45, 2.75) is 5.88 Å². The number of benzene rings is 1. The van der Waals surface area contributed by atoms with E-state index < -0.39 is 0 Å². The van der Waals surface area contributed by atoms with Gasteiger partial charge in [-0.25, -0.2) is 9.37 Å². The van der Waals surface area contributed by atoms with Crippen molar-refractivity contribution < 1.29 is 4.39 Å². The Balaban J connectivity index is 2.30. The zero-order chi connectivity index (χ0) is 14.3. The molecule has 0 unspecified atom stereocenters. The Morgan fingerprint density at radius 1 is 1.40 bits per heavy atom. The molecule has 0 atom stereocenters. The van der Waals surface area contributed by atoms with Gasteiger partial charge >= 0.3 is 0 Å². The van der Waals surface area contributed by atoms with Crippen LogP contribution in [0.4, 0.5) is 4.39 Å². The number of nitrogens with zero attached hydrogens (tertiary/aromatic N) is 1. The van der Waals surface area contributed by atoms with E-state index in [-0.39, 0.29) is 17.3 Å². The second kappa shape index (κ2) is 5.27. The summed E-state index contributed by atoms with van der Waals surface area (Å²) in [7, 11) is 0. The SMILES string of the molecule is O=c1[nH]c(CCl)nc2scc(-c3ccc(F)cc3Br)c12. The van der Waals surface area contributed by atoms with Crippen molar-refractivity contribution in [3.05, 3.63) is 50.0 Å². The Bertz CT molecular complexity index is 861. The molecule has 2 aromatic heterocycles. The third-order valence-corrected chi connectivity index (χ3v) is 4.62. The van der Waals surface area contributed by atoms with Crippen molar-refractivity contribution in [2.24, 2.45) is 0 Å². The average Bonchev–Trinajstić information content (AvgIpc) is 2.83. The topological polar surface area (TPSA) is 45.8 Å². The quantitative estimate of drug-likeness (QED) is 0.681. The van der Waals surface area contributed by atoms with Crippen LogP contribution >= 0.6 is 38.9 Å². The summed E-state index contributed by atoms with van der Waals surface area (Å²) in [6.45, 7) is 0. The highest BCUT2D eigenvalue weighted by atomic mass is 79.9. The Morgan fingerprint density at radius 2 is 2.20 bits per heavy atom. The minimum absolute atomic E-state index is 0.151. The highest BCUT2D eigenvalue weighted by Gasteiger charge is 2.14. The fourth-order valence-electron chi connectivity index (χ4n) is 1.96. The van der Waals surface area contributed by atoms with Gasteiger partial charge < -0.3 is 4.98 Å². The van der Waals surface area contributed by atoms with Gasteiger partial charge in [-0.1, -0.05) is 22.0 Å². The Kier molecular flexibility index (Phi) is 3.62. The summed E-state index contributed by atoms with van der Waals surface area (Å²) in [4.78, 5) is 19.7. The summed E-state index contributed by atoms with van der Waals surface area (Å²) in [6.07, 6.45) is 0. The molecule has 0 spiro atoms. The van der Waals surface area contributed by atoms with Gasteiger partial charge in [-0.2, -0.15) is 0 Å². The number of hydrogen-bond acceptors (Lipinski definition) is 3. The second-order valence-electron chi connectivity index (χ2n) is 4.10. The van der Waals surface area contributed by atoms with Crippen LogP contribution in [-0.2, 0) is 5.88 Å². The molecule has 1 N–H and O–H groups in total. The van der Waals surface area contributed by atoms with E-state index in [1.165, 1.54) is 23.5 Å². The van der Waals surface area contributed by atoms with Crippen LogP contribution < -0.4 is 5.56 Å². The van der Waals surface area contributed by atoms with E-state index in [9.17, 15) is 9.18 Å². The van der Waals surface area contributed by atoms with Crippen LogP contribution in [0.25, 0.3) is 21.3 Å². The molecule has 1 aromatic carbocycles. The molecular weight excluding hydrogens is 367 g/mol.